The van der Waals surface area contributed by atoms with Crippen LogP contribution in [0.25, 0.3) is 11.5 Å². The Balaban J connectivity index is 2.54. The van der Waals surface area contributed by atoms with Gasteiger partial charge in [0.05, 0.1) is 0 Å². The third-order valence-electron chi connectivity index (χ3n) is 2.27. The maximum absolute atomic E-state index is 12.9. The van der Waals surface area contributed by atoms with E-state index < -0.39 is 6.43 Å². The first-order valence-electron chi connectivity index (χ1n) is 5.04. The molecule has 0 aliphatic heterocycles. The summed E-state index contributed by atoms with van der Waals surface area (Å²) in [5.74, 6) is 0.166. The molecule has 0 unspecified atom stereocenters. The van der Waals surface area contributed by atoms with E-state index in [9.17, 15) is 8.78 Å². The molecule has 0 saturated heterocycles. The van der Waals surface area contributed by atoms with Crippen molar-refractivity contribution in [1.82, 2.24) is 15.0 Å². The highest BCUT2D eigenvalue weighted by atomic mass is 79.9. The van der Waals surface area contributed by atoms with E-state index in [1.54, 1.807) is 12.3 Å². The van der Waals surface area contributed by atoms with Crippen molar-refractivity contribution in [3.63, 3.8) is 0 Å². The van der Waals surface area contributed by atoms with E-state index in [1.165, 1.54) is 6.20 Å². The van der Waals surface area contributed by atoms with Crippen LogP contribution in [0.4, 0.5) is 8.78 Å². The average Bonchev–Trinajstić information content (AvgIpc) is 2.38. The van der Waals surface area contributed by atoms with Gasteiger partial charge in [0.25, 0.3) is 6.43 Å². The minimum Gasteiger partial charge on any atom is -0.251 e. The Labute approximate surface area is 133 Å². The minimum absolute atomic E-state index is 0.166. The number of hydrogen-bond donors (Lipinski definition) is 0. The highest BCUT2D eigenvalue weighted by Crippen LogP contribution is 2.29. The molecule has 0 saturated carbocycles. The van der Waals surface area contributed by atoms with Crippen molar-refractivity contribution in [1.29, 1.82) is 0 Å². The summed E-state index contributed by atoms with van der Waals surface area (Å²) in [6.07, 6.45) is 0.294. The Morgan fingerprint density at radius 3 is 2.47 bits per heavy atom. The number of alkyl halides is 3. The molecule has 0 N–H and O–H groups in total. The number of pyridine rings is 1. The molecule has 0 amide bonds. The Morgan fingerprint density at radius 2 is 1.89 bits per heavy atom. The average molecular weight is 458 g/mol. The zero-order chi connectivity index (χ0) is 14.0. The van der Waals surface area contributed by atoms with E-state index in [-0.39, 0.29) is 16.8 Å². The third-order valence-corrected chi connectivity index (χ3v) is 3.91. The topological polar surface area (TPSA) is 38.7 Å². The number of aromatic nitrogens is 3. The van der Waals surface area contributed by atoms with Crippen LogP contribution in [0.1, 0.15) is 17.7 Å². The standard InChI is InChI=1S/C11H6Br3F2N3/c12-2-5-3-18-11(19-8(5)10(15)16)9-7(14)1-6(13)4-17-9/h1,3-4,10H,2H2. The van der Waals surface area contributed by atoms with Gasteiger partial charge in [0, 0.05) is 32.2 Å². The van der Waals surface area contributed by atoms with Crippen molar-refractivity contribution < 1.29 is 8.78 Å². The maximum Gasteiger partial charge on any atom is 0.280 e. The molecule has 0 aliphatic carbocycles. The molecule has 0 atom stereocenters. The third kappa shape index (κ3) is 3.35. The summed E-state index contributed by atoms with van der Waals surface area (Å²) in [6.45, 7) is 0. The summed E-state index contributed by atoms with van der Waals surface area (Å²) in [6, 6.07) is 1.76. The number of hydrogen-bond acceptors (Lipinski definition) is 3. The molecule has 3 nitrogen and oxygen atoms in total. The lowest BCUT2D eigenvalue weighted by Crippen LogP contribution is -2.02. The lowest BCUT2D eigenvalue weighted by Gasteiger charge is -2.08. The van der Waals surface area contributed by atoms with Crippen LogP contribution in [0.5, 0.6) is 0 Å². The monoisotopic (exact) mass is 455 g/mol. The van der Waals surface area contributed by atoms with E-state index in [0.717, 1.165) is 4.47 Å². The van der Waals surface area contributed by atoms with Gasteiger partial charge in [-0.05, 0) is 37.9 Å². The summed E-state index contributed by atoms with van der Waals surface area (Å²) in [5, 5.41) is 0.280. The van der Waals surface area contributed by atoms with Gasteiger partial charge in [-0.1, -0.05) is 15.9 Å². The van der Waals surface area contributed by atoms with Gasteiger partial charge in [0.1, 0.15) is 11.4 Å². The quantitative estimate of drug-likeness (QED) is 0.616. The predicted octanol–water partition coefficient (Wildman–Crippen LogP) is 4.90. The van der Waals surface area contributed by atoms with E-state index in [0.29, 0.717) is 15.7 Å². The second-order valence-electron chi connectivity index (χ2n) is 3.52. The largest absolute Gasteiger partial charge is 0.280 e. The van der Waals surface area contributed by atoms with E-state index in [4.69, 9.17) is 0 Å². The first kappa shape index (κ1) is 14.9. The molecule has 0 aliphatic rings. The molecule has 0 radical (unpaired) electrons. The van der Waals surface area contributed by atoms with Gasteiger partial charge < -0.3 is 0 Å². The van der Waals surface area contributed by atoms with Crippen LogP contribution < -0.4 is 0 Å². The van der Waals surface area contributed by atoms with Crippen molar-refractivity contribution in [3.05, 3.63) is 38.7 Å². The second kappa shape index (κ2) is 6.32. The molecule has 0 spiro atoms. The molecule has 100 valence electrons. The number of nitrogens with zero attached hydrogens (tertiary/aromatic N) is 3. The van der Waals surface area contributed by atoms with Crippen LogP contribution in [0.3, 0.4) is 0 Å². The second-order valence-corrected chi connectivity index (χ2v) is 5.85. The van der Waals surface area contributed by atoms with Crippen molar-refractivity contribution >= 4 is 47.8 Å². The minimum atomic E-state index is -2.65. The zero-order valence-corrected chi connectivity index (χ0v) is 14.0. The molecule has 2 aromatic heterocycles. The zero-order valence-electron chi connectivity index (χ0n) is 9.25. The Morgan fingerprint density at radius 1 is 1.16 bits per heavy atom. The van der Waals surface area contributed by atoms with Crippen LogP contribution in [0.2, 0.25) is 0 Å². The Kier molecular flexibility index (Phi) is 4.97. The van der Waals surface area contributed by atoms with Crippen LogP contribution in [-0.4, -0.2) is 15.0 Å². The smallest absolute Gasteiger partial charge is 0.251 e. The van der Waals surface area contributed by atoms with Gasteiger partial charge in [-0.25, -0.2) is 18.7 Å². The fourth-order valence-corrected chi connectivity index (χ4v) is 3.00. The Hall–Kier alpha value is -0.470. The lowest BCUT2D eigenvalue weighted by atomic mass is 10.2. The van der Waals surface area contributed by atoms with Crippen molar-refractivity contribution in [3.8, 4) is 11.5 Å². The van der Waals surface area contributed by atoms with Gasteiger partial charge in [0.2, 0.25) is 0 Å². The van der Waals surface area contributed by atoms with Crippen LogP contribution in [-0.2, 0) is 5.33 Å². The van der Waals surface area contributed by atoms with Crippen LogP contribution >= 0.6 is 47.8 Å². The molecule has 2 heterocycles. The molecule has 2 aromatic rings. The highest BCUT2D eigenvalue weighted by molar-refractivity contribution is 9.11. The predicted molar refractivity (Wildman–Crippen MR) is 78.3 cm³/mol. The molecule has 0 fully saturated rings. The van der Waals surface area contributed by atoms with Gasteiger partial charge in [-0.15, -0.1) is 0 Å². The molecule has 8 heteroatoms. The van der Waals surface area contributed by atoms with Crippen molar-refractivity contribution in [2.75, 3.05) is 0 Å². The van der Waals surface area contributed by atoms with E-state index in [1.807, 2.05) is 0 Å². The lowest BCUT2D eigenvalue weighted by molar-refractivity contribution is 0.145. The number of rotatable bonds is 3. The van der Waals surface area contributed by atoms with Gasteiger partial charge in [-0.2, -0.15) is 0 Å². The van der Waals surface area contributed by atoms with Crippen LogP contribution in [0, 0.1) is 0 Å². The molecular formula is C11H6Br3F2N3. The van der Waals surface area contributed by atoms with Crippen LogP contribution in [0.15, 0.2) is 27.4 Å². The summed E-state index contributed by atoms with van der Waals surface area (Å²) in [5.41, 5.74) is 0.511. The Bertz CT molecular complexity index is 608. The molecule has 0 bridgehead atoms. The first-order chi connectivity index (χ1) is 9.02. The van der Waals surface area contributed by atoms with Gasteiger partial charge in [0.15, 0.2) is 5.82 Å². The molecular weight excluding hydrogens is 452 g/mol. The first-order valence-corrected chi connectivity index (χ1v) is 7.75. The highest BCUT2D eigenvalue weighted by Gasteiger charge is 2.18. The SMILES string of the molecule is FC(F)c1nc(-c2ncc(Br)cc2Br)ncc1CBr. The molecule has 2 rings (SSSR count). The van der Waals surface area contributed by atoms with E-state index >= 15 is 0 Å². The molecule has 19 heavy (non-hydrogen) atoms. The fraction of sp³-hybridized carbons (Fsp3) is 0.182. The number of halogens is 5. The summed E-state index contributed by atoms with van der Waals surface area (Å²) >= 11 is 9.72. The maximum atomic E-state index is 12.9. The summed E-state index contributed by atoms with van der Waals surface area (Å²) in [7, 11) is 0. The molecule has 0 aromatic carbocycles. The van der Waals surface area contributed by atoms with Gasteiger partial charge >= 0.3 is 0 Å². The van der Waals surface area contributed by atoms with E-state index in [2.05, 4.69) is 62.7 Å². The van der Waals surface area contributed by atoms with Crippen molar-refractivity contribution in [2.45, 2.75) is 11.8 Å². The summed E-state index contributed by atoms with van der Waals surface area (Å²) < 4.78 is 27.3. The fourth-order valence-electron chi connectivity index (χ4n) is 1.41. The van der Waals surface area contributed by atoms with Crippen molar-refractivity contribution in [2.24, 2.45) is 0 Å². The summed E-state index contributed by atoms with van der Waals surface area (Å²) in [4.78, 5) is 12.1. The van der Waals surface area contributed by atoms with Gasteiger partial charge in [-0.3, -0.25) is 4.98 Å². The normalized spacial score (nSPS) is 11.1.